The molecule has 0 radical (unpaired) electrons. The zero-order chi connectivity index (χ0) is 9.72. The fourth-order valence-corrected chi connectivity index (χ4v) is 0.473. The second-order valence-corrected chi connectivity index (χ2v) is 1.94. The van der Waals surface area contributed by atoms with Crippen molar-refractivity contribution in [2.75, 3.05) is 6.52 Å². The van der Waals surface area contributed by atoms with E-state index in [0.717, 1.165) is 0 Å². The Bertz CT molecular complexity index is 154. The van der Waals surface area contributed by atoms with Crippen LogP contribution in [0.15, 0.2) is 0 Å². The number of hydrogen-bond acceptors (Lipinski definition) is 3. The van der Waals surface area contributed by atoms with Crippen molar-refractivity contribution in [3.63, 3.8) is 0 Å². The van der Waals surface area contributed by atoms with E-state index >= 15 is 0 Å². The minimum atomic E-state index is -1.12. The number of nitrogens with two attached hydrogens (primary N) is 2. The van der Waals surface area contributed by atoms with Gasteiger partial charge in [0.1, 0.15) is 6.04 Å². The first-order valence-electron chi connectivity index (χ1n) is 4.17. The van der Waals surface area contributed by atoms with Crippen LogP contribution < -0.4 is 11.5 Å². The molecule has 0 bridgehead atoms. The lowest BCUT2D eigenvalue weighted by Crippen LogP contribution is -2.29. The Morgan fingerprint density at radius 1 is 1.80 bits per heavy atom. The van der Waals surface area contributed by atoms with Crippen molar-refractivity contribution in [2.24, 2.45) is 11.5 Å². The fourth-order valence-electron chi connectivity index (χ4n) is 0.473. The Kier molecular flexibility index (Phi) is 3.18. The Morgan fingerprint density at radius 3 is 2.80 bits per heavy atom. The topological polar surface area (TPSA) is 89.3 Å². The maximum Gasteiger partial charge on any atom is 0.320 e. The molecular formula is C6H14N2O2. The van der Waals surface area contributed by atoms with E-state index in [1.807, 2.05) is 0 Å². The van der Waals surface area contributed by atoms with Crippen LogP contribution in [-0.2, 0) is 4.79 Å². The predicted octanol–water partition coefficient (Wildman–Crippen LogP) is -0.473. The van der Waals surface area contributed by atoms with Crippen LogP contribution in [0.25, 0.3) is 0 Å². The predicted molar refractivity (Wildman–Crippen MR) is 38.5 cm³/mol. The van der Waals surface area contributed by atoms with E-state index in [2.05, 4.69) is 0 Å². The SMILES string of the molecule is [2H][13CH]([15NH2])C[13CH]([2H])C[13C@H]([15NH2])C(=O)O. The molecule has 10 heavy (non-hydrogen) atoms. The van der Waals surface area contributed by atoms with E-state index in [9.17, 15) is 4.79 Å². The molecule has 0 amide bonds. The first kappa shape index (κ1) is 6.12. The van der Waals surface area contributed by atoms with Gasteiger partial charge in [-0.1, -0.05) is 6.40 Å². The van der Waals surface area contributed by atoms with Crippen LogP contribution in [0.1, 0.15) is 22.0 Å². The van der Waals surface area contributed by atoms with Crippen molar-refractivity contribution in [1.29, 1.82) is 0 Å². The molecule has 0 aliphatic carbocycles. The standard InChI is InChI=1S/C6H14N2O2/c7-4-2-1-3-5(8)6(9)10/h5H,1-4,7-8H2,(H,9,10)/t5-/m0/s1/i1+1D,4+1D,5+1,7+1,8+1/t1?,4?,5-. The molecule has 0 heterocycles. The van der Waals surface area contributed by atoms with E-state index in [4.69, 9.17) is 19.3 Å². The molecule has 60 valence electrons. The third-order valence-corrected chi connectivity index (χ3v) is 1.04. The highest BCUT2D eigenvalue weighted by atomic mass is 16.4. The maximum absolute atomic E-state index is 10.2. The van der Waals surface area contributed by atoms with Crippen LogP contribution in [0.2, 0.25) is 0 Å². The average molecular weight is 153 g/mol. The van der Waals surface area contributed by atoms with E-state index in [-0.39, 0.29) is 12.8 Å². The number of carbonyl (C=O) groups is 1. The lowest BCUT2D eigenvalue weighted by molar-refractivity contribution is -0.138. The van der Waals surface area contributed by atoms with Crippen molar-refractivity contribution >= 4 is 5.97 Å². The van der Waals surface area contributed by atoms with Crippen molar-refractivity contribution in [3.8, 4) is 0 Å². The summed E-state index contributed by atoms with van der Waals surface area (Å²) in [5.41, 5.74) is 10.3. The van der Waals surface area contributed by atoms with Crippen molar-refractivity contribution in [3.05, 3.63) is 0 Å². The van der Waals surface area contributed by atoms with Gasteiger partial charge in [0.15, 0.2) is 0 Å². The van der Waals surface area contributed by atoms with E-state index in [1.165, 1.54) is 0 Å². The molecule has 0 aromatic rings. The quantitative estimate of drug-likeness (QED) is 0.368. The van der Waals surface area contributed by atoms with Crippen LogP contribution >= 0.6 is 0 Å². The second-order valence-electron chi connectivity index (χ2n) is 1.94. The van der Waals surface area contributed by atoms with Crippen LogP contribution in [0.3, 0.4) is 0 Å². The zero-order valence-electron chi connectivity index (χ0n) is 7.66. The minimum absolute atomic E-state index is 0.0436. The molecule has 0 saturated heterocycles. The molecule has 0 spiro atoms. The van der Waals surface area contributed by atoms with Gasteiger partial charge in [0, 0.05) is 2.74 Å². The van der Waals surface area contributed by atoms with Crippen molar-refractivity contribution in [1.82, 2.24) is 0 Å². The largest absolute Gasteiger partial charge is 0.480 e. The Hall–Kier alpha value is -0.610. The van der Waals surface area contributed by atoms with Gasteiger partial charge in [0.2, 0.25) is 0 Å². The van der Waals surface area contributed by atoms with Gasteiger partial charge in [0.05, 0.1) is 0 Å². The first-order valence-corrected chi connectivity index (χ1v) is 3.02. The summed E-state index contributed by atoms with van der Waals surface area (Å²) in [6.45, 7) is -0.825. The van der Waals surface area contributed by atoms with Gasteiger partial charge in [-0.15, -0.1) is 0 Å². The van der Waals surface area contributed by atoms with E-state index in [0.29, 0.717) is 0 Å². The average Bonchev–Trinajstić information content (AvgIpc) is 1.84. The third-order valence-electron chi connectivity index (χ3n) is 1.04. The summed E-state index contributed by atoms with van der Waals surface area (Å²) < 4.78 is 14.2. The summed E-state index contributed by atoms with van der Waals surface area (Å²) in [6.07, 6.45) is -0.466. The summed E-state index contributed by atoms with van der Waals surface area (Å²) in [5.74, 6) is -1.12. The summed E-state index contributed by atoms with van der Waals surface area (Å²) in [6, 6.07) is -1.02. The van der Waals surface area contributed by atoms with Gasteiger partial charge in [-0.3, -0.25) is 4.79 Å². The minimum Gasteiger partial charge on any atom is -0.480 e. The normalized spacial score (nSPS) is 22.2. The fraction of sp³-hybridized carbons (Fsp3) is 0.833. The number of rotatable bonds is 5. The van der Waals surface area contributed by atoms with Crippen LogP contribution in [-0.4, -0.2) is 23.6 Å². The first-order chi connectivity index (χ1) is 5.43. The Labute approximate surface area is 63.0 Å². The van der Waals surface area contributed by atoms with Crippen molar-refractivity contribution < 1.29 is 12.6 Å². The number of carboxylic acids is 1. The van der Waals surface area contributed by atoms with Crippen molar-refractivity contribution in [2.45, 2.75) is 25.3 Å². The third kappa shape index (κ3) is 4.29. The number of aliphatic carboxylic acids is 1. The van der Waals surface area contributed by atoms with E-state index < -0.39 is 24.9 Å². The summed E-state index contributed by atoms with van der Waals surface area (Å²) in [4.78, 5) is 10.2. The molecule has 0 aromatic carbocycles. The smallest absolute Gasteiger partial charge is 0.320 e. The molecule has 0 aliphatic rings. The zero-order valence-corrected chi connectivity index (χ0v) is 5.66. The highest BCUT2D eigenvalue weighted by molar-refractivity contribution is 5.72. The Morgan fingerprint density at radius 2 is 2.40 bits per heavy atom. The van der Waals surface area contributed by atoms with E-state index in [1.54, 1.807) is 0 Å². The highest BCUT2D eigenvalue weighted by Crippen LogP contribution is 1.96. The molecule has 5 N–H and O–H groups in total. The van der Waals surface area contributed by atoms with Crippen LogP contribution in [0.4, 0.5) is 0 Å². The van der Waals surface area contributed by atoms with Gasteiger partial charge >= 0.3 is 5.97 Å². The van der Waals surface area contributed by atoms with Crippen LogP contribution in [0, 0.1) is 0 Å². The molecule has 0 aliphatic heterocycles. The monoisotopic (exact) mass is 153 g/mol. The van der Waals surface area contributed by atoms with Gasteiger partial charge in [0.25, 0.3) is 0 Å². The summed E-state index contributed by atoms with van der Waals surface area (Å²) in [5, 5.41) is 8.38. The molecular weight excluding hydrogens is 137 g/mol. The maximum atomic E-state index is 10.2. The molecule has 2 unspecified atom stereocenters. The van der Waals surface area contributed by atoms with Crippen LogP contribution in [0.5, 0.6) is 0 Å². The number of hydrogen-bond donors (Lipinski definition) is 3. The molecule has 4 nitrogen and oxygen atoms in total. The lowest BCUT2D eigenvalue weighted by Gasteiger charge is -2.03. The summed E-state index contributed by atoms with van der Waals surface area (Å²) >= 11 is 0. The van der Waals surface area contributed by atoms with Gasteiger partial charge in [-0.25, -0.2) is 0 Å². The molecule has 0 rings (SSSR count). The van der Waals surface area contributed by atoms with Gasteiger partial charge < -0.3 is 16.6 Å². The molecule has 3 atom stereocenters. The molecule has 4 heteroatoms. The highest BCUT2D eigenvalue weighted by Gasteiger charge is 2.09. The van der Waals surface area contributed by atoms with Gasteiger partial charge in [-0.05, 0) is 19.4 Å². The lowest BCUT2D eigenvalue weighted by atomic mass is 10.6. The summed E-state index contributed by atoms with van der Waals surface area (Å²) in [7, 11) is 0. The second kappa shape index (κ2) is 5.20. The Balaban J connectivity index is 3.68. The molecule has 0 fully saturated rings. The number of carboxylic acid groups (broad SMARTS) is 1. The molecule has 0 aromatic heterocycles. The molecule has 0 saturated carbocycles. The van der Waals surface area contributed by atoms with Gasteiger partial charge in [-0.2, -0.15) is 0 Å².